The Labute approximate surface area is 225 Å². The van der Waals surface area contributed by atoms with Crippen LogP contribution in [0, 0.1) is 13.8 Å². The van der Waals surface area contributed by atoms with Crippen LogP contribution >= 0.6 is 22.7 Å². The molecule has 1 saturated heterocycles. The van der Waals surface area contributed by atoms with Crippen molar-refractivity contribution in [1.29, 1.82) is 0 Å². The Balaban J connectivity index is 1.48. The largest absolute Gasteiger partial charge is 0.353 e. The third-order valence-corrected chi connectivity index (χ3v) is 9.12. The van der Waals surface area contributed by atoms with Gasteiger partial charge in [0.25, 0.3) is 0 Å². The lowest BCUT2D eigenvalue weighted by molar-refractivity contribution is 0.216. The third-order valence-electron chi connectivity index (χ3n) is 7.12. The van der Waals surface area contributed by atoms with E-state index in [-0.39, 0.29) is 0 Å². The summed E-state index contributed by atoms with van der Waals surface area (Å²) in [6.45, 7) is 8.37. The highest BCUT2D eigenvalue weighted by atomic mass is 32.1. The minimum atomic E-state index is 0.933. The average molecular weight is 525 g/mol. The van der Waals surface area contributed by atoms with Gasteiger partial charge in [0.1, 0.15) is 21.7 Å². The molecule has 2 aromatic heterocycles. The minimum Gasteiger partial charge on any atom is -0.353 e. The third kappa shape index (κ3) is 3.87. The standard InChI is InChI=1S/C29H28N6S2/c1-18-16-20-27(30-22-8-4-5-9-23(22)32-28(20)36-18)35-25-11-7-6-10-24(25)31-26(21-17-19(2)37-29(21)35)34-14-12-33(3)13-15-34/h4-11,16-17,32H,12-15H2,1-3H3. The molecule has 3 aliphatic rings. The molecule has 37 heavy (non-hydrogen) atoms. The van der Waals surface area contributed by atoms with Gasteiger partial charge in [0.2, 0.25) is 0 Å². The molecule has 0 atom stereocenters. The second-order valence-corrected chi connectivity index (χ2v) is 12.3. The van der Waals surface area contributed by atoms with Crippen molar-refractivity contribution in [3.05, 3.63) is 81.5 Å². The fraction of sp³-hybridized carbons (Fsp3) is 0.241. The van der Waals surface area contributed by atoms with E-state index < -0.39 is 0 Å². The molecule has 186 valence electrons. The molecule has 1 fully saturated rings. The molecular formula is C29H28N6S2. The maximum absolute atomic E-state index is 5.34. The van der Waals surface area contributed by atoms with Crippen molar-refractivity contribution < 1.29 is 0 Å². The maximum Gasteiger partial charge on any atom is 0.149 e. The summed E-state index contributed by atoms with van der Waals surface area (Å²) >= 11 is 3.59. The van der Waals surface area contributed by atoms with Crippen molar-refractivity contribution in [1.82, 2.24) is 9.80 Å². The average Bonchev–Trinajstić information content (AvgIpc) is 3.37. The molecule has 3 aliphatic heterocycles. The van der Waals surface area contributed by atoms with Crippen LogP contribution in [0.1, 0.15) is 20.9 Å². The zero-order valence-electron chi connectivity index (χ0n) is 21.2. The van der Waals surface area contributed by atoms with E-state index in [0.717, 1.165) is 71.2 Å². The van der Waals surface area contributed by atoms with Gasteiger partial charge in [-0.05, 0) is 57.3 Å². The smallest absolute Gasteiger partial charge is 0.149 e. The number of likely N-dealkylation sites (N-methyl/N-ethyl adjacent to an activating group) is 1. The number of hydrogen-bond acceptors (Lipinski definition) is 8. The normalized spacial score (nSPS) is 16.9. The van der Waals surface area contributed by atoms with E-state index in [1.54, 1.807) is 11.3 Å². The van der Waals surface area contributed by atoms with Gasteiger partial charge in [-0.3, -0.25) is 4.90 Å². The topological polar surface area (TPSA) is 46.5 Å². The lowest BCUT2D eigenvalue weighted by atomic mass is 10.1. The number of benzene rings is 2. The highest BCUT2D eigenvalue weighted by Crippen LogP contribution is 2.48. The number of amidine groups is 2. The van der Waals surface area contributed by atoms with Crippen LogP contribution in [0.15, 0.2) is 70.6 Å². The van der Waals surface area contributed by atoms with Crippen LogP contribution in [-0.2, 0) is 0 Å². The van der Waals surface area contributed by atoms with Crippen LogP contribution in [0.3, 0.4) is 0 Å². The number of anilines is 4. The minimum absolute atomic E-state index is 0.933. The molecule has 4 aromatic rings. The maximum atomic E-state index is 5.34. The Hall–Kier alpha value is -3.46. The van der Waals surface area contributed by atoms with Gasteiger partial charge in [-0.1, -0.05) is 24.3 Å². The zero-order valence-corrected chi connectivity index (χ0v) is 22.8. The Morgan fingerprint density at radius 1 is 0.757 bits per heavy atom. The Bertz CT molecular complexity index is 1570. The first kappa shape index (κ1) is 22.7. The van der Waals surface area contributed by atoms with Gasteiger partial charge in [0.05, 0.1) is 33.9 Å². The van der Waals surface area contributed by atoms with Crippen molar-refractivity contribution in [3.8, 4) is 0 Å². The van der Waals surface area contributed by atoms with E-state index in [4.69, 9.17) is 9.98 Å². The Morgan fingerprint density at radius 2 is 1.43 bits per heavy atom. The van der Waals surface area contributed by atoms with Crippen LogP contribution < -0.4 is 10.2 Å². The molecule has 0 aliphatic carbocycles. The molecular weight excluding hydrogens is 496 g/mol. The van der Waals surface area contributed by atoms with E-state index in [2.05, 4.69) is 102 Å². The van der Waals surface area contributed by atoms with Crippen LogP contribution in [0.25, 0.3) is 0 Å². The lowest BCUT2D eigenvalue weighted by Crippen LogP contribution is -2.47. The number of aliphatic imine (C=N–C) groups is 2. The number of aryl methyl sites for hydroxylation is 2. The number of rotatable bonds is 0. The Morgan fingerprint density at radius 3 is 2.27 bits per heavy atom. The predicted octanol–water partition coefficient (Wildman–Crippen LogP) is 7.04. The molecule has 0 radical (unpaired) electrons. The summed E-state index contributed by atoms with van der Waals surface area (Å²) in [5, 5.41) is 5.96. The molecule has 0 spiro atoms. The number of hydrogen-bond donors (Lipinski definition) is 1. The molecule has 0 bridgehead atoms. The SMILES string of the molecule is Cc1cc2c(s1)Nc1ccccc1N=C2N1c2ccccc2N=C(N2CCN(C)CC2)c2cc(C)sc21. The summed E-state index contributed by atoms with van der Waals surface area (Å²) in [7, 11) is 2.19. The molecule has 2 aromatic carbocycles. The molecule has 0 saturated carbocycles. The van der Waals surface area contributed by atoms with Crippen molar-refractivity contribution in [2.24, 2.45) is 9.98 Å². The summed E-state index contributed by atoms with van der Waals surface area (Å²) in [6.07, 6.45) is 0. The number of nitrogens with one attached hydrogen (secondary N) is 1. The van der Waals surface area contributed by atoms with Gasteiger partial charge in [0.15, 0.2) is 0 Å². The number of thiophene rings is 2. The second kappa shape index (κ2) is 8.83. The van der Waals surface area contributed by atoms with E-state index in [9.17, 15) is 0 Å². The van der Waals surface area contributed by atoms with Crippen LogP contribution in [0.2, 0.25) is 0 Å². The van der Waals surface area contributed by atoms with Gasteiger partial charge in [0, 0.05) is 35.9 Å². The summed E-state index contributed by atoms with van der Waals surface area (Å²) in [5.41, 5.74) is 6.30. The fourth-order valence-electron chi connectivity index (χ4n) is 5.25. The monoisotopic (exact) mass is 524 g/mol. The van der Waals surface area contributed by atoms with Gasteiger partial charge >= 0.3 is 0 Å². The molecule has 0 amide bonds. The van der Waals surface area contributed by atoms with Crippen molar-refractivity contribution >= 4 is 67.1 Å². The number of nitrogens with zero attached hydrogens (tertiary/aromatic N) is 5. The van der Waals surface area contributed by atoms with Crippen molar-refractivity contribution in [2.75, 3.05) is 43.4 Å². The van der Waals surface area contributed by atoms with Crippen molar-refractivity contribution in [2.45, 2.75) is 13.8 Å². The molecule has 6 nitrogen and oxygen atoms in total. The highest BCUT2D eigenvalue weighted by Gasteiger charge is 2.34. The van der Waals surface area contributed by atoms with Gasteiger partial charge < -0.3 is 15.1 Å². The van der Waals surface area contributed by atoms with Crippen LogP contribution in [-0.4, -0.2) is 54.7 Å². The zero-order chi connectivity index (χ0) is 25.1. The van der Waals surface area contributed by atoms with E-state index in [1.165, 1.54) is 20.3 Å². The summed E-state index contributed by atoms with van der Waals surface area (Å²) < 4.78 is 0. The van der Waals surface area contributed by atoms with Crippen LogP contribution in [0.5, 0.6) is 0 Å². The van der Waals surface area contributed by atoms with E-state index >= 15 is 0 Å². The fourth-order valence-corrected chi connectivity index (χ4v) is 7.18. The predicted molar refractivity (Wildman–Crippen MR) is 158 cm³/mol. The molecule has 5 heterocycles. The van der Waals surface area contributed by atoms with Gasteiger partial charge in [-0.2, -0.15) is 0 Å². The number of fused-ring (bicyclic) bond motifs is 4. The second-order valence-electron chi connectivity index (χ2n) is 9.80. The molecule has 0 unspecified atom stereocenters. The first-order chi connectivity index (χ1) is 18.0. The van der Waals surface area contributed by atoms with E-state index in [1.807, 2.05) is 11.3 Å². The quantitative estimate of drug-likeness (QED) is 0.268. The molecule has 1 N–H and O–H groups in total. The first-order valence-electron chi connectivity index (χ1n) is 12.6. The summed E-state index contributed by atoms with van der Waals surface area (Å²) in [5.74, 6) is 2.00. The molecule has 8 heteroatoms. The molecule has 7 rings (SSSR count). The lowest BCUT2D eigenvalue weighted by Gasteiger charge is -2.34. The first-order valence-corrected chi connectivity index (χ1v) is 14.3. The Kier molecular flexibility index (Phi) is 5.42. The highest BCUT2D eigenvalue weighted by molar-refractivity contribution is 7.17. The van der Waals surface area contributed by atoms with Crippen molar-refractivity contribution in [3.63, 3.8) is 0 Å². The van der Waals surface area contributed by atoms with E-state index in [0.29, 0.717) is 0 Å². The number of para-hydroxylation sites is 4. The van der Waals surface area contributed by atoms with Crippen LogP contribution in [0.4, 0.5) is 32.8 Å². The summed E-state index contributed by atoms with van der Waals surface area (Å²) in [4.78, 5) is 20.4. The van der Waals surface area contributed by atoms with Gasteiger partial charge in [-0.25, -0.2) is 9.98 Å². The summed E-state index contributed by atoms with van der Waals surface area (Å²) in [6, 6.07) is 21.4. The number of piperazine rings is 1. The van der Waals surface area contributed by atoms with Gasteiger partial charge in [-0.15, -0.1) is 22.7 Å².